The van der Waals surface area contributed by atoms with E-state index in [1.54, 1.807) is 18.5 Å². The van der Waals surface area contributed by atoms with Crippen LogP contribution in [0.25, 0.3) is 0 Å². The van der Waals surface area contributed by atoms with E-state index in [1.807, 2.05) is 0 Å². The molecule has 0 N–H and O–H groups in total. The Kier molecular flexibility index (Phi) is 6.71. The second-order valence-corrected chi connectivity index (χ2v) is 3.72. The van der Waals surface area contributed by atoms with Crippen molar-refractivity contribution in [2.75, 3.05) is 0 Å². The van der Waals surface area contributed by atoms with Gasteiger partial charge in [-0.3, -0.25) is 0 Å². The van der Waals surface area contributed by atoms with Gasteiger partial charge in [-0.05, 0) is 0 Å². The summed E-state index contributed by atoms with van der Waals surface area (Å²) in [5.41, 5.74) is 4.56. The average Bonchev–Trinajstić information content (AvgIpc) is 2.17. The van der Waals surface area contributed by atoms with E-state index >= 15 is 0 Å². The fraction of sp³-hybridized carbons (Fsp3) is 0.400. The van der Waals surface area contributed by atoms with Gasteiger partial charge in [0.25, 0.3) is 0 Å². The van der Waals surface area contributed by atoms with Gasteiger partial charge in [0.05, 0.1) is 0 Å². The zero-order valence-electron chi connectivity index (χ0n) is 5.20. The van der Waals surface area contributed by atoms with E-state index in [4.69, 9.17) is 0 Å². The van der Waals surface area contributed by atoms with Gasteiger partial charge in [-0.25, -0.2) is 0 Å². The van der Waals surface area contributed by atoms with Gasteiger partial charge in [-0.2, -0.15) is 6.20 Å². The quantitative estimate of drug-likeness (QED) is 0.534. The Morgan fingerprint density at radius 3 is 2.25 bits per heavy atom. The number of rotatable bonds is 0. The molecular weight excluding hydrogens is 158 g/mol. The molecule has 0 saturated carbocycles. The molecule has 0 aliphatic heterocycles. The van der Waals surface area contributed by atoms with Crippen LogP contribution in [0.2, 0.25) is 11.0 Å². The van der Waals surface area contributed by atoms with Crippen LogP contribution in [0.5, 0.6) is 0 Å². The summed E-state index contributed by atoms with van der Waals surface area (Å²) < 4.78 is 0. The molecular formula is C5H9GaN2-. The zero-order valence-corrected chi connectivity index (χ0v) is 7.63. The zero-order chi connectivity index (χ0) is 6.24. The van der Waals surface area contributed by atoms with Gasteiger partial charge in [0, 0.05) is 6.20 Å². The molecule has 0 bridgehead atoms. The second kappa shape index (κ2) is 6.85. The second-order valence-electron chi connectivity index (χ2n) is 1.30. The first kappa shape index (κ1) is 7.85. The molecule has 3 heteroatoms. The van der Waals surface area contributed by atoms with Crippen molar-refractivity contribution in [2.45, 2.75) is 11.0 Å². The summed E-state index contributed by atoms with van der Waals surface area (Å²) in [6.07, 6.45) is 3.28. The molecule has 1 radical (unpaired) electrons. The molecule has 0 unspecified atom stereocenters. The monoisotopic (exact) mass is 166 g/mol. The maximum absolute atomic E-state index is 3.47. The summed E-state index contributed by atoms with van der Waals surface area (Å²) in [6.45, 7) is 0. The van der Waals surface area contributed by atoms with Gasteiger partial charge in [0.1, 0.15) is 0 Å². The molecule has 0 saturated heterocycles. The van der Waals surface area contributed by atoms with Crippen LogP contribution < -0.4 is 5.10 Å². The van der Waals surface area contributed by atoms with Crippen molar-refractivity contribution >= 4 is 17.4 Å². The van der Waals surface area contributed by atoms with Gasteiger partial charge in [-0.1, -0.05) is 6.07 Å². The first-order chi connectivity index (χ1) is 3.91. The maximum atomic E-state index is 3.47. The van der Waals surface area contributed by atoms with E-state index in [0.717, 1.165) is 0 Å². The van der Waals surface area contributed by atoms with Crippen molar-refractivity contribution in [3.05, 3.63) is 18.5 Å². The molecule has 0 fully saturated rings. The SMILES string of the molecule is [CH3][Ga][CH3].c1cn[n-]c1. The van der Waals surface area contributed by atoms with Crippen LogP contribution in [0, 0.1) is 0 Å². The fourth-order valence-corrected chi connectivity index (χ4v) is 0.192. The van der Waals surface area contributed by atoms with Crippen LogP contribution in [0.4, 0.5) is 0 Å². The molecule has 0 aliphatic carbocycles. The normalized spacial score (nSPS) is 6.75. The first-order valence-corrected chi connectivity index (χ1v) is 7.38. The van der Waals surface area contributed by atoms with Gasteiger partial charge >= 0.3 is 28.4 Å². The minimum Gasteiger partial charge on any atom is -0.582 e. The van der Waals surface area contributed by atoms with E-state index < -0.39 is 0 Å². The number of nitrogens with zero attached hydrogens (tertiary/aromatic N) is 2. The van der Waals surface area contributed by atoms with Crippen LogP contribution in [-0.2, 0) is 0 Å². The van der Waals surface area contributed by atoms with Crippen molar-refractivity contribution < 1.29 is 0 Å². The average molecular weight is 167 g/mol. The van der Waals surface area contributed by atoms with Crippen molar-refractivity contribution in [3.63, 3.8) is 0 Å². The molecule has 0 spiro atoms. The number of hydrogen-bond donors (Lipinski definition) is 0. The van der Waals surface area contributed by atoms with Gasteiger partial charge in [0.2, 0.25) is 0 Å². The van der Waals surface area contributed by atoms with Crippen LogP contribution in [0.1, 0.15) is 0 Å². The third-order valence-electron chi connectivity index (χ3n) is 0.372. The fourth-order valence-electron chi connectivity index (χ4n) is 0.192. The minimum absolute atomic E-state index is 0.312. The summed E-state index contributed by atoms with van der Waals surface area (Å²) in [7, 11) is 0. The standard InChI is InChI=1S/C3H3N2.2CH3.Ga/c1-2-4-5-3-1;;;/h1-3H;2*1H3;/q-1;;;. The van der Waals surface area contributed by atoms with Crippen molar-refractivity contribution in [3.8, 4) is 0 Å². The molecule has 8 heavy (non-hydrogen) atoms. The summed E-state index contributed by atoms with van der Waals surface area (Å²) in [5.74, 6) is 0. The molecule has 1 heterocycles. The summed E-state index contributed by atoms with van der Waals surface area (Å²) in [5, 5.41) is 6.94. The number of aromatic nitrogens is 2. The van der Waals surface area contributed by atoms with Crippen molar-refractivity contribution in [1.29, 1.82) is 0 Å². The Hall–Kier alpha value is -0.154. The largest absolute Gasteiger partial charge is 0.582 e. The Morgan fingerprint density at radius 1 is 1.50 bits per heavy atom. The maximum Gasteiger partial charge on any atom is 0.00194 e. The minimum atomic E-state index is 0.312. The molecule has 0 aromatic carbocycles. The third kappa shape index (κ3) is 5.85. The molecule has 1 aromatic rings. The van der Waals surface area contributed by atoms with Crippen LogP contribution >= 0.6 is 0 Å². The van der Waals surface area contributed by atoms with Gasteiger partial charge in [-0.15, -0.1) is 0 Å². The summed E-state index contributed by atoms with van der Waals surface area (Å²) in [4.78, 5) is 0. The summed E-state index contributed by atoms with van der Waals surface area (Å²) >= 11 is 0.312. The van der Waals surface area contributed by atoms with Crippen molar-refractivity contribution in [1.82, 2.24) is 10.2 Å². The Labute approximate surface area is 57.5 Å². The topological polar surface area (TPSA) is 27.0 Å². The van der Waals surface area contributed by atoms with E-state index in [-0.39, 0.29) is 0 Å². The van der Waals surface area contributed by atoms with Gasteiger partial charge in [0.15, 0.2) is 0 Å². The smallest absolute Gasteiger partial charge is 0.00194 e. The van der Waals surface area contributed by atoms with Crippen molar-refractivity contribution in [2.24, 2.45) is 0 Å². The predicted octanol–water partition coefficient (Wildman–Crippen LogP) is 0.826. The Balaban J connectivity index is 0.000000145. The molecule has 1 rings (SSSR count). The molecule has 0 amide bonds. The molecule has 0 aliphatic rings. The van der Waals surface area contributed by atoms with Gasteiger partial charge < -0.3 is 10.2 Å². The van der Waals surface area contributed by atoms with Crippen LogP contribution in [0.3, 0.4) is 0 Å². The van der Waals surface area contributed by atoms with E-state index in [2.05, 4.69) is 21.2 Å². The van der Waals surface area contributed by atoms with Crippen LogP contribution in [-0.4, -0.2) is 22.5 Å². The summed E-state index contributed by atoms with van der Waals surface area (Å²) in [6, 6.07) is 1.78. The van der Waals surface area contributed by atoms with Crippen LogP contribution in [0.15, 0.2) is 18.5 Å². The number of hydrogen-bond acceptors (Lipinski definition) is 1. The molecule has 43 valence electrons. The van der Waals surface area contributed by atoms with E-state index in [9.17, 15) is 0 Å². The Morgan fingerprint density at radius 2 is 2.12 bits per heavy atom. The molecule has 2 nitrogen and oxygen atoms in total. The first-order valence-electron chi connectivity index (χ1n) is 2.54. The predicted molar refractivity (Wildman–Crippen MR) is 35.0 cm³/mol. The molecule has 0 atom stereocenters. The third-order valence-corrected chi connectivity index (χ3v) is 0.372. The van der Waals surface area contributed by atoms with E-state index in [0.29, 0.717) is 17.4 Å². The Bertz CT molecular complexity index is 77.3. The van der Waals surface area contributed by atoms with E-state index in [1.165, 1.54) is 0 Å². The molecule has 1 aromatic heterocycles.